The van der Waals surface area contributed by atoms with Crippen molar-refractivity contribution in [3.8, 4) is 22.6 Å². The summed E-state index contributed by atoms with van der Waals surface area (Å²) in [5.74, 6) is 0.204. The Kier molecular flexibility index (Phi) is 4.84. The summed E-state index contributed by atoms with van der Waals surface area (Å²) >= 11 is 0. The van der Waals surface area contributed by atoms with Crippen LogP contribution in [-0.4, -0.2) is 37.9 Å². The van der Waals surface area contributed by atoms with Gasteiger partial charge in [0.1, 0.15) is 5.56 Å². The van der Waals surface area contributed by atoms with Gasteiger partial charge in [0, 0.05) is 24.3 Å². The highest BCUT2D eigenvalue weighted by molar-refractivity contribution is 5.80. The molecule has 3 aromatic heterocycles. The maximum atomic E-state index is 13.4. The normalized spacial score (nSPS) is 14.9. The van der Waals surface area contributed by atoms with Crippen molar-refractivity contribution in [1.82, 2.24) is 24.8 Å². The predicted octanol–water partition coefficient (Wildman–Crippen LogP) is 4.13. The summed E-state index contributed by atoms with van der Waals surface area (Å²) in [5, 5.41) is 11.6. The molecule has 31 heavy (non-hydrogen) atoms. The van der Waals surface area contributed by atoms with E-state index in [2.05, 4.69) is 15.3 Å². The van der Waals surface area contributed by atoms with Gasteiger partial charge in [-0.2, -0.15) is 0 Å². The fraction of sp³-hybridized carbons (Fsp3) is 0.391. The number of hydrogen-bond acceptors (Lipinski definition) is 6. The van der Waals surface area contributed by atoms with Crippen LogP contribution in [0, 0.1) is 13.8 Å². The number of anilines is 1. The van der Waals surface area contributed by atoms with Gasteiger partial charge in [-0.15, -0.1) is 5.10 Å². The minimum atomic E-state index is -0.247. The van der Waals surface area contributed by atoms with E-state index in [1.807, 2.05) is 56.1 Å². The molecule has 1 aromatic carbocycles. The second-order valence-electron chi connectivity index (χ2n) is 8.31. The monoisotopic (exact) mass is 418 g/mol. The van der Waals surface area contributed by atoms with E-state index in [-0.39, 0.29) is 11.4 Å². The number of hydrogen-bond donors (Lipinski definition) is 1. The molecule has 5 rings (SSSR count). The molecule has 1 fully saturated rings. The van der Waals surface area contributed by atoms with Gasteiger partial charge in [0.25, 0.3) is 11.4 Å². The van der Waals surface area contributed by atoms with Gasteiger partial charge in [-0.25, -0.2) is 9.50 Å². The molecule has 3 heterocycles. The maximum absolute atomic E-state index is 13.4. The molecule has 1 aliphatic rings. The van der Waals surface area contributed by atoms with E-state index in [4.69, 9.17) is 9.40 Å². The summed E-state index contributed by atoms with van der Waals surface area (Å²) in [6.45, 7) is 3.75. The minimum absolute atomic E-state index is 0.204. The van der Waals surface area contributed by atoms with Gasteiger partial charge in [0.2, 0.25) is 0 Å². The Morgan fingerprint density at radius 1 is 1.06 bits per heavy atom. The number of aryl methyl sites for hydroxylation is 2. The van der Waals surface area contributed by atoms with Crippen molar-refractivity contribution in [3.63, 3.8) is 0 Å². The van der Waals surface area contributed by atoms with Crippen LogP contribution in [0.1, 0.15) is 43.5 Å². The zero-order valence-corrected chi connectivity index (χ0v) is 18.1. The summed E-state index contributed by atoms with van der Waals surface area (Å²) < 4.78 is 7.42. The molecule has 0 unspecified atom stereocenters. The predicted molar refractivity (Wildman–Crippen MR) is 119 cm³/mol. The fourth-order valence-corrected chi connectivity index (χ4v) is 4.57. The van der Waals surface area contributed by atoms with E-state index >= 15 is 0 Å². The average molecular weight is 419 g/mol. The van der Waals surface area contributed by atoms with Crippen LogP contribution in [-0.2, 0) is 0 Å². The highest BCUT2D eigenvalue weighted by Crippen LogP contribution is 2.30. The number of nitrogens with one attached hydrogen (secondary N) is 1. The Labute approximate surface area is 179 Å². The topological polar surface area (TPSA) is 92.3 Å². The molecule has 4 aromatic rings. The van der Waals surface area contributed by atoms with E-state index in [1.54, 1.807) is 0 Å². The van der Waals surface area contributed by atoms with Crippen LogP contribution in [0.3, 0.4) is 0 Å². The average Bonchev–Trinajstić information content (AvgIpc) is 3.39. The number of aromatic nitrogens is 5. The Balaban J connectivity index is 1.57. The van der Waals surface area contributed by atoms with Crippen molar-refractivity contribution in [1.29, 1.82) is 0 Å². The smallest absolute Gasteiger partial charge is 0.318 e. The van der Waals surface area contributed by atoms with Crippen LogP contribution < -0.4 is 10.5 Å². The molecule has 160 valence electrons. The van der Waals surface area contributed by atoms with Gasteiger partial charge in [-0.05, 0) is 32.3 Å². The zero-order chi connectivity index (χ0) is 21.5. The largest absolute Gasteiger partial charge is 0.403 e. The highest BCUT2D eigenvalue weighted by Gasteiger charge is 2.25. The molecule has 1 aliphatic carbocycles. The van der Waals surface area contributed by atoms with Gasteiger partial charge in [-0.1, -0.05) is 54.7 Å². The second kappa shape index (κ2) is 7.68. The Morgan fingerprint density at radius 3 is 2.55 bits per heavy atom. The molecule has 0 aliphatic heterocycles. The Bertz CT molecular complexity index is 1280. The molecule has 8 nitrogen and oxygen atoms in total. The van der Waals surface area contributed by atoms with E-state index in [9.17, 15) is 4.79 Å². The number of aromatic amines is 1. The molecule has 0 radical (unpaired) electrons. The molecule has 0 spiro atoms. The molecule has 1 saturated carbocycles. The molecule has 1 N–H and O–H groups in total. The molecule has 8 heteroatoms. The van der Waals surface area contributed by atoms with E-state index in [1.165, 1.54) is 23.8 Å². The van der Waals surface area contributed by atoms with Gasteiger partial charge in [0.15, 0.2) is 5.65 Å². The minimum Gasteiger partial charge on any atom is -0.403 e. The van der Waals surface area contributed by atoms with Crippen LogP contribution in [0.2, 0.25) is 0 Å². The molecule has 0 saturated heterocycles. The zero-order valence-electron chi connectivity index (χ0n) is 18.1. The van der Waals surface area contributed by atoms with Crippen LogP contribution in [0.25, 0.3) is 28.2 Å². The van der Waals surface area contributed by atoms with Crippen molar-refractivity contribution in [3.05, 3.63) is 52.1 Å². The van der Waals surface area contributed by atoms with Crippen molar-refractivity contribution in [2.45, 2.75) is 52.0 Å². The summed E-state index contributed by atoms with van der Waals surface area (Å²) in [4.78, 5) is 20.2. The fourth-order valence-electron chi connectivity index (χ4n) is 4.57. The van der Waals surface area contributed by atoms with E-state index < -0.39 is 0 Å². The van der Waals surface area contributed by atoms with Crippen LogP contribution in [0.5, 0.6) is 0 Å². The van der Waals surface area contributed by atoms with Gasteiger partial charge >= 0.3 is 6.01 Å². The number of H-pyrrole nitrogens is 1. The quantitative estimate of drug-likeness (QED) is 0.536. The molecule has 0 atom stereocenters. The van der Waals surface area contributed by atoms with Crippen LogP contribution in [0.4, 0.5) is 6.01 Å². The first-order valence-electron chi connectivity index (χ1n) is 10.8. The summed E-state index contributed by atoms with van der Waals surface area (Å²) in [7, 11) is 1.98. The van der Waals surface area contributed by atoms with Crippen molar-refractivity contribution < 1.29 is 4.42 Å². The Morgan fingerprint density at radius 2 is 1.81 bits per heavy atom. The lowest BCUT2D eigenvalue weighted by atomic mass is 9.95. The second-order valence-corrected chi connectivity index (χ2v) is 8.31. The van der Waals surface area contributed by atoms with Crippen LogP contribution >= 0.6 is 0 Å². The first kappa shape index (κ1) is 19.5. The lowest BCUT2D eigenvalue weighted by molar-refractivity contribution is 0.407. The number of nitrogens with zero attached hydrogens (tertiary/aromatic N) is 5. The van der Waals surface area contributed by atoms with E-state index in [0.29, 0.717) is 29.0 Å². The third-order valence-electron chi connectivity index (χ3n) is 6.26. The lowest BCUT2D eigenvalue weighted by Crippen LogP contribution is -2.33. The van der Waals surface area contributed by atoms with Gasteiger partial charge < -0.3 is 9.32 Å². The number of benzene rings is 1. The maximum Gasteiger partial charge on any atom is 0.318 e. The summed E-state index contributed by atoms with van der Waals surface area (Å²) in [6.07, 6.45) is 5.95. The van der Waals surface area contributed by atoms with Crippen molar-refractivity contribution in [2.24, 2.45) is 0 Å². The highest BCUT2D eigenvalue weighted by atomic mass is 16.4. The summed E-state index contributed by atoms with van der Waals surface area (Å²) in [5.41, 5.74) is 4.03. The first-order valence-corrected chi connectivity index (χ1v) is 10.8. The van der Waals surface area contributed by atoms with Crippen LogP contribution in [0.15, 0.2) is 39.5 Å². The van der Waals surface area contributed by atoms with Crippen molar-refractivity contribution >= 4 is 11.7 Å². The standard InChI is InChI=1S/C23H26N6O2/c1-14-19(21-25-26-23(31-21)28(3)17-12-8-5-9-13-17)22(30)29-20(24-14)18(15(2)27-29)16-10-6-4-7-11-16/h4,6-7,10-11,17,27H,5,8-9,12-13H2,1-3H3. The number of rotatable bonds is 4. The Hall–Kier alpha value is -3.42. The molecule has 0 amide bonds. The molecule has 0 bridgehead atoms. The third kappa shape index (κ3) is 3.32. The van der Waals surface area contributed by atoms with E-state index in [0.717, 1.165) is 29.7 Å². The third-order valence-corrected chi connectivity index (χ3v) is 6.26. The summed E-state index contributed by atoms with van der Waals surface area (Å²) in [6, 6.07) is 10.8. The van der Waals surface area contributed by atoms with Gasteiger partial charge in [0.05, 0.1) is 5.69 Å². The SMILES string of the molecule is Cc1nc2c(-c3ccccc3)c(C)[nH]n2c(=O)c1-c1nnc(N(C)C2CCCCC2)o1. The lowest BCUT2D eigenvalue weighted by Gasteiger charge is -2.29. The molecular formula is C23H26N6O2. The molecular weight excluding hydrogens is 392 g/mol. The van der Waals surface area contributed by atoms with Gasteiger partial charge in [-0.3, -0.25) is 9.89 Å². The number of fused-ring (bicyclic) bond motifs is 1. The first-order chi connectivity index (χ1) is 15.0. The van der Waals surface area contributed by atoms with Crippen molar-refractivity contribution in [2.75, 3.05) is 11.9 Å².